The van der Waals surface area contributed by atoms with Crippen molar-refractivity contribution in [3.63, 3.8) is 0 Å². The van der Waals surface area contributed by atoms with Crippen molar-refractivity contribution < 1.29 is 0 Å². The molecular weight excluding hydrogens is 222 g/mol. The van der Waals surface area contributed by atoms with Gasteiger partial charge >= 0.3 is 0 Å². The van der Waals surface area contributed by atoms with E-state index in [1.54, 1.807) is 0 Å². The van der Waals surface area contributed by atoms with Crippen molar-refractivity contribution in [2.75, 3.05) is 33.7 Å². The van der Waals surface area contributed by atoms with E-state index in [1.807, 2.05) is 0 Å². The third kappa shape index (κ3) is 4.52. The SMILES string of the molecule is CCC(C)N(C)CCNC1CC(C)N(C)CC1C. The smallest absolute Gasteiger partial charge is 0.0120 e. The molecule has 0 amide bonds. The zero-order valence-corrected chi connectivity index (χ0v) is 13.2. The van der Waals surface area contributed by atoms with Crippen LogP contribution >= 0.6 is 0 Å². The Labute approximate surface area is 114 Å². The van der Waals surface area contributed by atoms with Crippen LogP contribution in [0.4, 0.5) is 0 Å². The first-order chi connectivity index (χ1) is 8.45. The molecule has 1 aliphatic rings. The molecule has 0 radical (unpaired) electrons. The van der Waals surface area contributed by atoms with Gasteiger partial charge in [0.25, 0.3) is 0 Å². The second-order valence-electron chi connectivity index (χ2n) is 6.30. The predicted molar refractivity (Wildman–Crippen MR) is 80.0 cm³/mol. The van der Waals surface area contributed by atoms with Crippen molar-refractivity contribution in [3.8, 4) is 0 Å². The molecule has 1 heterocycles. The largest absolute Gasteiger partial charge is 0.312 e. The molecule has 1 saturated heterocycles. The Balaban J connectivity index is 2.26. The molecule has 0 spiro atoms. The monoisotopic (exact) mass is 255 g/mol. The van der Waals surface area contributed by atoms with Gasteiger partial charge in [-0.2, -0.15) is 0 Å². The Bertz CT molecular complexity index is 232. The van der Waals surface area contributed by atoms with Crippen molar-refractivity contribution in [2.24, 2.45) is 5.92 Å². The number of piperidine rings is 1. The molecular formula is C15H33N3. The summed E-state index contributed by atoms with van der Waals surface area (Å²) in [5.74, 6) is 0.764. The van der Waals surface area contributed by atoms with Gasteiger partial charge in [-0.3, -0.25) is 0 Å². The maximum atomic E-state index is 3.76. The van der Waals surface area contributed by atoms with E-state index in [9.17, 15) is 0 Å². The van der Waals surface area contributed by atoms with Crippen LogP contribution in [-0.4, -0.2) is 61.7 Å². The second-order valence-corrected chi connectivity index (χ2v) is 6.30. The van der Waals surface area contributed by atoms with Gasteiger partial charge in [-0.25, -0.2) is 0 Å². The fraction of sp³-hybridized carbons (Fsp3) is 1.00. The van der Waals surface area contributed by atoms with E-state index in [4.69, 9.17) is 0 Å². The van der Waals surface area contributed by atoms with Gasteiger partial charge < -0.3 is 15.1 Å². The Kier molecular flexibility index (Phi) is 6.61. The average Bonchev–Trinajstić information content (AvgIpc) is 2.34. The summed E-state index contributed by atoms with van der Waals surface area (Å²) in [7, 11) is 4.48. The molecule has 0 aromatic rings. The van der Waals surface area contributed by atoms with E-state index >= 15 is 0 Å². The lowest BCUT2D eigenvalue weighted by molar-refractivity contribution is 0.119. The summed E-state index contributed by atoms with van der Waals surface area (Å²) in [6.07, 6.45) is 2.52. The summed E-state index contributed by atoms with van der Waals surface area (Å²) in [4.78, 5) is 4.93. The predicted octanol–water partition coefficient (Wildman–Crippen LogP) is 2.04. The first kappa shape index (κ1) is 15.9. The Hall–Kier alpha value is -0.120. The minimum Gasteiger partial charge on any atom is -0.312 e. The molecule has 3 nitrogen and oxygen atoms in total. The van der Waals surface area contributed by atoms with Gasteiger partial charge in [-0.15, -0.1) is 0 Å². The van der Waals surface area contributed by atoms with Crippen molar-refractivity contribution in [3.05, 3.63) is 0 Å². The molecule has 0 saturated carbocycles. The number of nitrogens with zero attached hydrogens (tertiary/aromatic N) is 2. The molecule has 3 heteroatoms. The van der Waals surface area contributed by atoms with Gasteiger partial charge in [-0.05, 0) is 46.7 Å². The average molecular weight is 255 g/mol. The quantitative estimate of drug-likeness (QED) is 0.783. The van der Waals surface area contributed by atoms with Gasteiger partial charge in [0.05, 0.1) is 0 Å². The van der Waals surface area contributed by atoms with E-state index < -0.39 is 0 Å². The first-order valence-electron chi connectivity index (χ1n) is 7.59. The molecule has 4 unspecified atom stereocenters. The van der Waals surface area contributed by atoms with Gasteiger partial charge in [0, 0.05) is 37.8 Å². The highest BCUT2D eigenvalue weighted by Crippen LogP contribution is 2.20. The first-order valence-corrected chi connectivity index (χ1v) is 7.59. The summed E-state index contributed by atoms with van der Waals surface area (Å²) >= 11 is 0. The van der Waals surface area contributed by atoms with Gasteiger partial charge in [0.1, 0.15) is 0 Å². The molecule has 1 rings (SSSR count). The van der Waals surface area contributed by atoms with Gasteiger partial charge in [0.15, 0.2) is 0 Å². The van der Waals surface area contributed by atoms with Gasteiger partial charge in [0.2, 0.25) is 0 Å². The summed E-state index contributed by atoms with van der Waals surface area (Å²) in [5, 5.41) is 3.76. The number of likely N-dealkylation sites (N-methyl/N-ethyl adjacent to an activating group) is 1. The molecule has 1 fully saturated rings. The summed E-state index contributed by atoms with van der Waals surface area (Å²) in [5.41, 5.74) is 0. The van der Waals surface area contributed by atoms with Crippen LogP contribution in [0.25, 0.3) is 0 Å². The molecule has 18 heavy (non-hydrogen) atoms. The highest BCUT2D eigenvalue weighted by Gasteiger charge is 2.28. The van der Waals surface area contributed by atoms with Crippen LogP contribution in [0.3, 0.4) is 0 Å². The fourth-order valence-corrected chi connectivity index (χ4v) is 2.78. The van der Waals surface area contributed by atoms with Gasteiger partial charge in [-0.1, -0.05) is 13.8 Å². The fourth-order valence-electron chi connectivity index (χ4n) is 2.78. The standard InChI is InChI=1S/C15H33N3/c1-7-13(3)17(5)9-8-16-15-10-14(4)18(6)11-12(15)2/h12-16H,7-11H2,1-6H3. The van der Waals surface area contributed by atoms with E-state index in [-0.39, 0.29) is 0 Å². The molecule has 0 aliphatic carbocycles. The Morgan fingerprint density at radius 1 is 1.39 bits per heavy atom. The number of hydrogen-bond acceptors (Lipinski definition) is 3. The van der Waals surface area contributed by atoms with Crippen molar-refractivity contribution in [2.45, 2.75) is 58.7 Å². The molecule has 1 aliphatic heterocycles. The molecule has 0 aromatic carbocycles. The van der Waals surface area contributed by atoms with E-state index in [0.717, 1.165) is 19.0 Å². The zero-order chi connectivity index (χ0) is 13.7. The van der Waals surface area contributed by atoms with Crippen LogP contribution in [0.1, 0.15) is 40.5 Å². The maximum Gasteiger partial charge on any atom is 0.0120 e. The summed E-state index contributed by atoms with van der Waals surface area (Å²) < 4.78 is 0. The molecule has 0 bridgehead atoms. The van der Waals surface area contributed by atoms with E-state index in [1.165, 1.54) is 19.4 Å². The van der Waals surface area contributed by atoms with E-state index in [0.29, 0.717) is 18.1 Å². The third-order valence-electron chi connectivity index (χ3n) is 4.82. The minimum atomic E-state index is 0.695. The third-order valence-corrected chi connectivity index (χ3v) is 4.82. The van der Waals surface area contributed by atoms with Crippen LogP contribution < -0.4 is 5.32 Å². The van der Waals surface area contributed by atoms with Crippen LogP contribution in [-0.2, 0) is 0 Å². The second kappa shape index (κ2) is 7.46. The van der Waals surface area contributed by atoms with Crippen LogP contribution in [0, 0.1) is 5.92 Å². The molecule has 4 atom stereocenters. The lowest BCUT2D eigenvalue weighted by Gasteiger charge is -2.40. The zero-order valence-electron chi connectivity index (χ0n) is 13.2. The number of rotatable bonds is 6. The number of nitrogens with one attached hydrogen (secondary N) is 1. The summed E-state index contributed by atoms with van der Waals surface area (Å²) in [6, 6.07) is 2.10. The van der Waals surface area contributed by atoms with Crippen molar-refractivity contribution in [1.29, 1.82) is 0 Å². The molecule has 1 N–H and O–H groups in total. The minimum absolute atomic E-state index is 0.695. The van der Waals surface area contributed by atoms with Crippen molar-refractivity contribution >= 4 is 0 Å². The van der Waals surface area contributed by atoms with Crippen LogP contribution in [0.2, 0.25) is 0 Å². The highest BCUT2D eigenvalue weighted by molar-refractivity contribution is 4.86. The topological polar surface area (TPSA) is 18.5 Å². The summed E-state index contributed by atoms with van der Waals surface area (Å²) in [6.45, 7) is 12.8. The lowest BCUT2D eigenvalue weighted by Crippen LogP contribution is -2.52. The van der Waals surface area contributed by atoms with E-state index in [2.05, 4.69) is 56.9 Å². The maximum absolute atomic E-state index is 3.76. The normalized spacial score (nSPS) is 31.8. The molecule has 108 valence electrons. The Morgan fingerprint density at radius 2 is 2.06 bits per heavy atom. The molecule has 0 aromatic heterocycles. The number of likely N-dealkylation sites (tertiary alicyclic amines) is 1. The van der Waals surface area contributed by atoms with Crippen molar-refractivity contribution in [1.82, 2.24) is 15.1 Å². The van der Waals surface area contributed by atoms with Crippen LogP contribution in [0.15, 0.2) is 0 Å². The Morgan fingerprint density at radius 3 is 2.67 bits per heavy atom. The van der Waals surface area contributed by atoms with Crippen LogP contribution in [0.5, 0.6) is 0 Å². The highest BCUT2D eigenvalue weighted by atomic mass is 15.2. The lowest BCUT2D eigenvalue weighted by atomic mass is 9.90. The number of hydrogen-bond donors (Lipinski definition) is 1.